The average molecular weight is 394 g/mol. The Hall–Kier alpha value is -3.35. The standard InChI is InChI=1S/C22H20F2N4O/c23-16-7-3-14(4-8-16)12-20(29)28-11-1-2-19(28)21-18(13-26-22(25)27-21)15-5-9-17(24)10-6-15/h3-10,13,19H,1-2,11-12H2,(H2,25,26,27)/t19-/m1/s1. The molecule has 1 amide bonds. The number of likely N-dealkylation sites (tertiary alicyclic amines) is 1. The van der Waals surface area contributed by atoms with Gasteiger partial charge in [-0.3, -0.25) is 4.79 Å². The molecule has 148 valence electrons. The van der Waals surface area contributed by atoms with Gasteiger partial charge in [0.15, 0.2) is 0 Å². The molecule has 1 atom stereocenters. The number of halogens is 2. The molecule has 1 saturated heterocycles. The van der Waals surface area contributed by atoms with Crippen molar-refractivity contribution in [1.29, 1.82) is 0 Å². The van der Waals surface area contributed by atoms with Crippen molar-refractivity contribution < 1.29 is 13.6 Å². The van der Waals surface area contributed by atoms with Gasteiger partial charge < -0.3 is 10.6 Å². The molecule has 29 heavy (non-hydrogen) atoms. The topological polar surface area (TPSA) is 72.1 Å². The van der Waals surface area contributed by atoms with Crippen molar-refractivity contribution in [2.24, 2.45) is 0 Å². The van der Waals surface area contributed by atoms with Crippen LogP contribution in [0.1, 0.15) is 30.1 Å². The van der Waals surface area contributed by atoms with E-state index in [0.29, 0.717) is 12.2 Å². The lowest BCUT2D eigenvalue weighted by molar-refractivity contribution is -0.131. The van der Waals surface area contributed by atoms with Crippen molar-refractivity contribution in [1.82, 2.24) is 14.9 Å². The molecule has 0 saturated carbocycles. The first-order chi connectivity index (χ1) is 14.0. The average Bonchev–Trinajstić information content (AvgIpc) is 3.20. The summed E-state index contributed by atoms with van der Waals surface area (Å²) in [5, 5.41) is 0. The zero-order valence-electron chi connectivity index (χ0n) is 15.7. The Morgan fingerprint density at radius 1 is 1.07 bits per heavy atom. The second-order valence-corrected chi connectivity index (χ2v) is 7.08. The molecule has 1 aliphatic heterocycles. The van der Waals surface area contributed by atoms with Crippen LogP contribution >= 0.6 is 0 Å². The van der Waals surface area contributed by atoms with Crippen molar-refractivity contribution in [3.63, 3.8) is 0 Å². The Morgan fingerprint density at radius 2 is 1.72 bits per heavy atom. The summed E-state index contributed by atoms with van der Waals surface area (Å²) in [5.74, 6) is -0.589. The fourth-order valence-corrected chi connectivity index (χ4v) is 3.74. The first kappa shape index (κ1) is 19.0. The molecular formula is C22H20F2N4O. The second kappa shape index (κ2) is 7.95. The number of carbonyl (C=O) groups excluding carboxylic acids is 1. The third-order valence-electron chi connectivity index (χ3n) is 5.15. The minimum atomic E-state index is -0.333. The number of aromatic nitrogens is 2. The molecule has 4 rings (SSSR count). The molecule has 1 aromatic heterocycles. The fraction of sp³-hybridized carbons (Fsp3) is 0.227. The summed E-state index contributed by atoms with van der Waals surface area (Å²) in [6, 6.07) is 11.8. The molecule has 2 N–H and O–H groups in total. The molecule has 1 aliphatic rings. The van der Waals surface area contributed by atoms with Crippen molar-refractivity contribution in [2.75, 3.05) is 12.3 Å². The molecule has 2 heterocycles. The SMILES string of the molecule is Nc1ncc(-c2ccc(F)cc2)c([C@H]2CCCN2C(=O)Cc2ccc(F)cc2)n1. The molecule has 3 aromatic rings. The fourth-order valence-electron chi connectivity index (χ4n) is 3.74. The zero-order chi connectivity index (χ0) is 20.4. The normalized spacial score (nSPS) is 16.2. The minimum Gasteiger partial charge on any atom is -0.368 e. The van der Waals surface area contributed by atoms with E-state index in [-0.39, 0.29) is 36.0 Å². The van der Waals surface area contributed by atoms with E-state index >= 15 is 0 Å². The number of benzene rings is 2. The van der Waals surface area contributed by atoms with Crippen LogP contribution in [0, 0.1) is 11.6 Å². The molecule has 0 bridgehead atoms. The number of amides is 1. The Morgan fingerprint density at radius 3 is 2.41 bits per heavy atom. The molecule has 0 unspecified atom stereocenters. The van der Waals surface area contributed by atoms with Crippen molar-refractivity contribution in [3.05, 3.63) is 77.6 Å². The lowest BCUT2D eigenvalue weighted by Gasteiger charge is -2.26. The summed E-state index contributed by atoms with van der Waals surface area (Å²) >= 11 is 0. The Kier molecular flexibility index (Phi) is 5.20. The summed E-state index contributed by atoms with van der Waals surface area (Å²) < 4.78 is 26.5. The van der Waals surface area contributed by atoms with Crippen LogP contribution in [0.2, 0.25) is 0 Å². The molecular weight excluding hydrogens is 374 g/mol. The molecule has 7 heteroatoms. The Balaban J connectivity index is 1.64. The quantitative estimate of drug-likeness (QED) is 0.728. The van der Waals surface area contributed by atoms with E-state index in [1.807, 2.05) is 0 Å². The number of carbonyl (C=O) groups is 1. The van der Waals surface area contributed by atoms with E-state index in [2.05, 4.69) is 9.97 Å². The van der Waals surface area contributed by atoms with Crippen LogP contribution in [0.4, 0.5) is 14.7 Å². The summed E-state index contributed by atoms with van der Waals surface area (Å²) in [4.78, 5) is 23.3. The summed E-state index contributed by atoms with van der Waals surface area (Å²) in [6.07, 6.45) is 3.39. The number of anilines is 1. The van der Waals surface area contributed by atoms with Gasteiger partial charge in [-0.15, -0.1) is 0 Å². The zero-order valence-corrected chi connectivity index (χ0v) is 15.7. The van der Waals surface area contributed by atoms with Crippen LogP contribution in [0.15, 0.2) is 54.7 Å². The third-order valence-corrected chi connectivity index (χ3v) is 5.15. The number of hydrogen-bond acceptors (Lipinski definition) is 4. The van der Waals surface area contributed by atoms with Gasteiger partial charge in [-0.25, -0.2) is 18.7 Å². The van der Waals surface area contributed by atoms with Gasteiger partial charge in [0.2, 0.25) is 11.9 Å². The second-order valence-electron chi connectivity index (χ2n) is 7.08. The number of nitrogens with two attached hydrogens (primary N) is 1. The van der Waals surface area contributed by atoms with E-state index < -0.39 is 0 Å². The van der Waals surface area contributed by atoms with Crippen molar-refractivity contribution in [3.8, 4) is 11.1 Å². The molecule has 0 radical (unpaired) electrons. The predicted octanol–water partition coefficient (Wildman–Crippen LogP) is 3.91. The van der Waals surface area contributed by atoms with Gasteiger partial charge in [-0.05, 0) is 48.2 Å². The largest absolute Gasteiger partial charge is 0.368 e. The predicted molar refractivity (Wildman–Crippen MR) is 106 cm³/mol. The third kappa shape index (κ3) is 4.08. The van der Waals surface area contributed by atoms with Gasteiger partial charge in [0, 0.05) is 18.3 Å². The van der Waals surface area contributed by atoms with Gasteiger partial charge in [-0.1, -0.05) is 24.3 Å². The first-order valence-corrected chi connectivity index (χ1v) is 9.43. The Labute approximate surface area is 167 Å². The molecule has 0 aliphatic carbocycles. The lowest BCUT2D eigenvalue weighted by atomic mass is 9.99. The van der Waals surface area contributed by atoms with Crippen LogP contribution in [-0.4, -0.2) is 27.3 Å². The Bertz CT molecular complexity index is 1020. The highest BCUT2D eigenvalue weighted by molar-refractivity contribution is 5.80. The van der Waals surface area contributed by atoms with Gasteiger partial charge in [0.1, 0.15) is 11.6 Å². The monoisotopic (exact) mass is 394 g/mol. The number of nitrogens with zero attached hydrogens (tertiary/aromatic N) is 3. The van der Waals surface area contributed by atoms with Gasteiger partial charge in [0.25, 0.3) is 0 Å². The van der Waals surface area contributed by atoms with E-state index in [1.165, 1.54) is 24.3 Å². The number of hydrogen-bond donors (Lipinski definition) is 1. The molecule has 2 aromatic carbocycles. The van der Waals surface area contributed by atoms with E-state index in [1.54, 1.807) is 35.4 Å². The number of rotatable bonds is 4. The highest BCUT2D eigenvalue weighted by atomic mass is 19.1. The van der Waals surface area contributed by atoms with E-state index in [9.17, 15) is 13.6 Å². The van der Waals surface area contributed by atoms with Crippen LogP contribution in [0.5, 0.6) is 0 Å². The minimum absolute atomic E-state index is 0.0543. The van der Waals surface area contributed by atoms with E-state index in [4.69, 9.17) is 5.73 Å². The molecule has 1 fully saturated rings. The molecule has 5 nitrogen and oxygen atoms in total. The van der Waals surface area contributed by atoms with Gasteiger partial charge in [-0.2, -0.15) is 0 Å². The maximum absolute atomic E-state index is 13.3. The van der Waals surface area contributed by atoms with Gasteiger partial charge in [0.05, 0.1) is 18.2 Å². The summed E-state index contributed by atoms with van der Waals surface area (Å²) in [7, 11) is 0. The highest BCUT2D eigenvalue weighted by Crippen LogP contribution is 2.37. The lowest BCUT2D eigenvalue weighted by Crippen LogP contribution is -2.32. The highest BCUT2D eigenvalue weighted by Gasteiger charge is 2.33. The number of nitrogen functional groups attached to an aromatic ring is 1. The maximum atomic E-state index is 13.3. The maximum Gasteiger partial charge on any atom is 0.227 e. The van der Waals surface area contributed by atoms with Crippen LogP contribution < -0.4 is 5.73 Å². The summed E-state index contributed by atoms with van der Waals surface area (Å²) in [5.41, 5.74) is 8.74. The molecule has 0 spiro atoms. The van der Waals surface area contributed by atoms with Crippen molar-refractivity contribution >= 4 is 11.9 Å². The van der Waals surface area contributed by atoms with Gasteiger partial charge >= 0.3 is 0 Å². The van der Waals surface area contributed by atoms with Crippen LogP contribution in [-0.2, 0) is 11.2 Å². The van der Waals surface area contributed by atoms with Crippen LogP contribution in [0.3, 0.4) is 0 Å². The van der Waals surface area contributed by atoms with Crippen molar-refractivity contribution in [2.45, 2.75) is 25.3 Å². The smallest absolute Gasteiger partial charge is 0.227 e. The first-order valence-electron chi connectivity index (χ1n) is 9.43. The summed E-state index contributed by atoms with van der Waals surface area (Å²) in [6.45, 7) is 0.609. The van der Waals surface area contributed by atoms with Crippen LogP contribution in [0.25, 0.3) is 11.1 Å². The van der Waals surface area contributed by atoms with E-state index in [0.717, 1.165) is 29.5 Å².